The van der Waals surface area contributed by atoms with E-state index in [0.717, 1.165) is 22.2 Å². The van der Waals surface area contributed by atoms with Gasteiger partial charge in [-0.25, -0.2) is 4.79 Å². The minimum atomic E-state index is -0.428. The average molecular weight is 382 g/mol. The van der Waals surface area contributed by atoms with Crippen molar-refractivity contribution in [2.24, 2.45) is 0 Å². The molecule has 0 bridgehead atoms. The molecule has 0 unspecified atom stereocenters. The lowest BCUT2D eigenvalue weighted by atomic mass is 10.0. The van der Waals surface area contributed by atoms with Crippen molar-refractivity contribution in [2.75, 3.05) is 5.32 Å². The number of nitrogens with one attached hydrogen (secondary N) is 1. The molecule has 0 saturated heterocycles. The first-order valence-corrected chi connectivity index (χ1v) is 9.35. The van der Waals surface area contributed by atoms with Crippen LogP contribution in [0.5, 0.6) is 0 Å². The fourth-order valence-corrected chi connectivity index (χ4v) is 3.67. The normalized spacial score (nSPS) is 11.2. The molecular formula is C24H18N2O3. The van der Waals surface area contributed by atoms with Gasteiger partial charge in [-0.1, -0.05) is 29.8 Å². The van der Waals surface area contributed by atoms with Crippen molar-refractivity contribution < 1.29 is 8.83 Å². The highest BCUT2D eigenvalue weighted by Gasteiger charge is 2.22. The molecule has 0 radical (unpaired) electrons. The third-order valence-corrected chi connectivity index (χ3v) is 5.05. The van der Waals surface area contributed by atoms with E-state index in [2.05, 4.69) is 23.3 Å². The Morgan fingerprint density at radius 3 is 2.52 bits per heavy atom. The Morgan fingerprint density at radius 1 is 0.931 bits per heavy atom. The summed E-state index contributed by atoms with van der Waals surface area (Å²) in [7, 11) is 0. The van der Waals surface area contributed by atoms with Gasteiger partial charge in [0.1, 0.15) is 11.0 Å². The number of anilines is 2. The van der Waals surface area contributed by atoms with Crippen LogP contribution in [0.15, 0.2) is 80.6 Å². The van der Waals surface area contributed by atoms with E-state index < -0.39 is 5.63 Å². The van der Waals surface area contributed by atoms with E-state index >= 15 is 0 Å². The number of hydrogen-bond acceptors (Lipinski definition) is 5. The van der Waals surface area contributed by atoms with Crippen LogP contribution in [0, 0.1) is 13.8 Å². The fourth-order valence-electron chi connectivity index (χ4n) is 3.67. The Labute approximate surface area is 166 Å². The molecule has 5 rings (SSSR count). The molecule has 142 valence electrons. The summed E-state index contributed by atoms with van der Waals surface area (Å²) in [5.41, 5.74) is 5.26. The molecule has 5 heteroatoms. The number of furan rings is 1. The topological polar surface area (TPSA) is 68.3 Å². The van der Waals surface area contributed by atoms with Gasteiger partial charge < -0.3 is 14.2 Å². The Balaban J connectivity index is 1.83. The van der Waals surface area contributed by atoms with Gasteiger partial charge >= 0.3 is 5.63 Å². The number of aryl methyl sites for hydroxylation is 2. The fraction of sp³-hybridized carbons (Fsp3) is 0.0833. The number of rotatable bonds is 3. The average Bonchev–Trinajstić information content (AvgIpc) is 3.11. The van der Waals surface area contributed by atoms with E-state index in [1.165, 1.54) is 5.56 Å². The molecule has 29 heavy (non-hydrogen) atoms. The number of nitrogens with zero attached hydrogens (tertiary/aromatic N) is 1. The lowest BCUT2D eigenvalue weighted by Crippen LogP contribution is -2.00. The molecule has 0 amide bonds. The van der Waals surface area contributed by atoms with Gasteiger partial charge in [-0.2, -0.15) is 0 Å². The number of hydrogen-bond donors (Lipinski definition) is 1. The standard InChI is InChI=1S/C24H18N2O3/c1-14-7-8-18(15(2)13-14)26-23-20(16-9-11-25-12-10-16)21-22(29-23)17-5-3-4-6-19(17)28-24(21)27/h3-13,26H,1-2H3. The predicted molar refractivity (Wildman–Crippen MR) is 115 cm³/mol. The van der Waals surface area contributed by atoms with Crippen LogP contribution in [0.1, 0.15) is 11.1 Å². The number of pyridine rings is 1. The lowest BCUT2D eigenvalue weighted by molar-refractivity contribution is 0.566. The second kappa shape index (κ2) is 6.63. The third kappa shape index (κ3) is 2.88. The quantitative estimate of drug-likeness (QED) is 0.390. The van der Waals surface area contributed by atoms with Crippen LogP contribution in [0.4, 0.5) is 11.6 Å². The first kappa shape index (κ1) is 17.3. The van der Waals surface area contributed by atoms with Crippen molar-refractivity contribution >= 4 is 33.5 Å². The number of para-hydroxylation sites is 1. The van der Waals surface area contributed by atoms with Crippen LogP contribution in [0.2, 0.25) is 0 Å². The molecule has 0 saturated carbocycles. The van der Waals surface area contributed by atoms with E-state index in [0.29, 0.717) is 28.0 Å². The van der Waals surface area contributed by atoms with Gasteiger partial charge in [0, 0.05) is 18.1 Å². The lowest BCUT2D eigenvalue weighted by Gasteiger charge is -2.10. The predicted octanol–water partition coefficient (Wildman–Crippen LogP) is 5.96. The Hall–Kier alpha value is -3.86. The highest BCUT2D eigenvalue weighted by molar-refractivity contribution is 6.10. The molecule has 3 heterocycles. The van der Waals surface area contributed by atoms with Crippen molar-refractivity contribution in [2.45, 2.75) is 13.8 Å². The van der Waals surface area contributed by atoms with Gasteiger partial charge in [0.05, 0.1) is 10.9 Å². The molecule has 3 aromatic heterocycles. The van der Waals surface area contributed by atoms with Crippen molar-refractivity contribution in [3.63, 3.8) is 0 Å². The van der Waals surface area contributed by atoms with E-state index in [4.69, 9.17) is 8.83 Å². The number of aromatic nitrogens is 1. The second-order valence-corrected chi connectivity index (χ2v) is 7.08. The van der Waals surface area contributed by atoms with Crippen molar-refractivity contribution in [1.29, 1.82) is 0 Å². The zero-order chi connectivity index (χ0) is 20.0. The molecule has 2 aromatic carbocycles. The zero-order valence-electron chi connectivity index (χ0n) is 16.0. The van der Waals surface area contributed by atoms with Gasteiger partial charge in [0.2, 0.25) is 5.88 Å². The maximum Gasteiger partial charge on any atom is 0.348 e. The number of benzene rings is 2. The molecule has 0 fully saturated rings. The van der Waals surface area contributed by atoms with Crippen LogP contribution < -0.4 is 10.9 Å². The van der Waals surface area contributed by atoms with Gasteiger partial charge in [-0.15, -0.1) is 0 Å². The van der Waals surface area contributed by atoms with E-state index in [9.17, 15) is 4.79 Å². The summed E-state index contributed by atoms with van der Waals surface area (Å²) in [6.45, 7) is 4.09. The first-order chi connectivity index (χ1) is 14.1. The van der Waals surface area contributed by atoms with Gasteiger partial charge in [-0.05, 0) is 55.3 Å². The highest BCUT2D eigenvalue weighted by atomic mass is 16.4. The molecule has 5 nitrogen and oxygen atoms in total. The monoisotopic (exact) mass is 382 g/mol. The minimum Gasteiger partial charge on any atom is -0.439 e. The summed E-state index contributed by atoms with van der Waals surface area (Å²) in [5.74, 6) is 0.502. The van der Waals surface area contributed by atoms with Gasteiger partial charge in [0.25, 0.3) is 0 Å². The highest BCUT2D eigenvalue weighted by Crippen LogP contribution is 2.41. The smallest absolute Gasteiger partial charge is 0.348 e. The summed E-state index contributed by atoms with van der Waals surface area (Å²) in [4.78, 5) is 17.0. The van der Waals surface area contributed by atoms with Crippen molar-refractivity contribution in [3.05, 3.63) is 88.5 Å². The summed E-state index contributed by atoms with van der Waals surface area (Å²) in [5, 5.41) is 4.55. The molecule has 5 aromatic rings. The summed E-state index contributed by atoms with van der Waals surface area (Å²) in [6.07, 6.45) is 3.38. The van der Waals surface area contributed by atoms with Crippen molar-refractivity contribution in [3.8, 4) is 11.1 Å². The Kier molecular flexibility index (Phi) is 3.95. The minimum absolute atomic E-state index is 0.419. The van der Waals surface area contributed by atoms with E-state index in [1.54, 1.807) is 18.5 Å². The van der Waals surface area contributed by atoms with Gasteiger partial charge in [-0.3, -0.25) is 4.98 Å². The molecule has 0 aliphatic rings. The summed E-state index contributed by atoms with van der Waals surface area (Å²) < 4.78 is 11.8. The van der Waals surface area contributed by atoms with Crippen LogP contribution in [-0.4, -0.2) is 4.98 Å². The Bertz CT molecular complexity index is 1420. The van der Waals surface area contributed by atoms with E-state index in [1.807, 2.05) is 49.4 Å². The largest absolute Gasteiger partial charge is 0.439 e. The molecule has 0 aliphatic carbocycles. The first-order valence-electron chi connectivity index (χ1n) is 9.35. The maximum atomic E-state index is 12.9. The second-order valence-electron chi connectivity index (χ2n) is 7.08. The maximum absolute atomic E-state index is 12.9. The Morgan fingerprint density at radius 2 is 1.72 bits per heavy atom. The van der Waals surface area contributed by atoms with Gasteiger partial charge in [0.15, 0.2) is 5.58 Å². The van der Waals surface area contributed by atoms with Crippen LogP contribution in [-0.2, 0) is 0 Å². The van der Waals surface area contributed by atoms with E-state index in [-0.39, 0.29) is 0 Å². The molecule has 1 N–H and O–H groups in total. The van der Waals surface area contributed by atoms with Crippen LogP contribution >= 0.6 is 0 Å². The molecule has 0 atom stereocenters. The molecular weight excluding hydrogens is 364 g/mol. The SMILES string of the molecule is Cc1ccc(Nc2oc3c(c2-c2ccncc2)c(=O)oc2ccccc23)c(C)c1. The summed E-state index contributed by atoms with van der Waals surface area (Å²) in [6, 6.07) is 17.2. The number of fused-ring (bicyclic) bond motifs is 3. The van der Waals surface area contributed by atoms with Crippen LogP contribution in [0.3, 0.4) is 0 Å². The third-order valence-electron chi connectivity index (χ3n) is 5.05. The van der Waals surface area contributed by atoms with Crippen LogP contribution in [0.25, 0.3) is 33.1 Å². The molecule has 0 aliphatic heterocycles. The molecule has 0 spiro atoms. The zero-order valence-corrected chi connectivity index (χ0v) is 16.0. The summed E-state index contributed by atoms with van der Waals surface area (Å²) >= 11 is 0. The van der Waals surface area contributed by atoms with Crippen molar-refractivity contribution in [1.82, 2.24) is 4.98 Å².